The van der Waals surface area contributed by atoms with Crippen LogP contribution in [-0.2, 0) is 0 Å². The Morgan fingerprint density at radius 1 is 0.134 bits per heavy atom. The van der Waals surface area contributed by atoms with E-state index in [2.05, 4.69) is 364 Å². The van der Waals surface area contributed by atoms with E-state index in [1.807, 2.05) is 0 Å². The van der Waals surface area contributed by atoms with Gasteiger partial charge < -0.3 is 0 Å². The molecule has 1 heteroatoms. The number of rotatable bonds is 8. The molecule has 0 nitrogen and oxygen atoms in total. The molecule has 0 aliphatic carbocycles. The topological polar surface area (TPSA) is 0 Å². The molecule has 0 aliphatic heterocycles. The second-order valence-electron chi connectivity index (χ2n) is 26.4. The average Bonchev–Trinajstić information content (AvgIpc) is 0.682. The highest BCUT2D eigenvalue weighted by atomic mass is 28.3. The molecule has 0 unspecified atom stereocenters. The summed E-state index contributed by atoms with van der Waals surface area (Å²) in [5, 5.41) is 35.3. The third kappa shape index (κ3) is 8.29. The summed E-state index contributed by atoms with van der Waals surface area (Å²) in [6.07, 6.45) is 0. The molecule has 0 heterocycles. The predicted molar refractivity (Wildman–Crippen MR) is 422 cm³/mol. The molecule has 20 rings (SSSR count). The largest absolute Gasteiger partial charge is 0.182 e. The lowest BCUT2D eigenvalue weighted by atomic mass is 9.82. The lowest BCUT2D eigenvalue weighted by Crippen LogP contribution is -2.75. The van der Waals surface area contributed by atoms with Crippen molar-refractivity contribution < 1.29 is 0 Å². The fourth-order valence-electron chi connectivity index (χ4n) is 17.5. The van der Waals surface area contributed by atoms with Gasteiger partial charge in [0.2, 0.25) is 0 Å². The summed E-state index contributed by atoms with van der Waals surface area (Å²) in [4.78, 5) is 0. The zero-order valence-corrected chi connectivity index (χ0v) is 54.1. The fourth-order valence-corrected chi connectivity index (χ4v) is 23.1. The van der Waals surface area contributed by atoms with Crippen molar-refractivity contribution in [2.24, 2.45) is 0 Å². The van der Waals surface area contributed by atoms with Gasteiger partial charge in [-0.25, -0.2) is 0 Å². The van der Waals surface area contributed by atoms with E-state index in [0.717, 1.165) is 0 Å². The van der Waals surface area contributed by atoms with Gasteiger partial charge in [0.15, 0.2) is 8.07 Å². The van der Waals surface area contributed by atoms with Crippen LogP contribution in [0.1, 0.15) is 0 Å². The molecule has 0 saturated heterocycles. The molecule has 20 aromatic carbocycles. The summed E-state index contributed by atoms with van der Waals surface area (Å²) >= 11 is 0. The first-order valence-electron chi connectivity index (χ1n) is 33.9. The van der Waals surface area contributed by atoms with Gasteiger partial charge in [0.1, 0.15) is 0 Å². The normalized spacial score (nSPS) is 12.1. The first-order valence-corrected chi connectivity index (χ1v) is 35.9. The van der Waals surface area contributed by atoms with Crippen LogP contribution in [0, 0.1) is 0 Å². The van der Waals surface area contributed by atoms with Crippen molar-refractivity contribution in [3.05, 3.63) is 364 Å². The van der Waals surface area contributed by atoms with Gasteiger partial charge in [-0.3, -0.25) is 0 Å². The Balaban J connectivity index is 0.895. The van der Waals surface area contributed by atoms with E-state index in [0.29, 0.717) is 0 Å². The Morgan fingerprint density at radius 2 is 0.330 bits per heavy atom. The highest BCUT2D eigenvalue weighted by Crippen LogP contribution is 2.51. The standard InChI is InChI=1S/C96H60Si/c1-3-31-71(32-4-1)97(72-33-5-2-6-34-72,95-85-47-23-19-43-81(85)93(82-44-20-24-48-86(82)95)91-77-39-15-11-35-73(77)89(74-36-12-16-40-78(74)91)67-53-51-65-55-61-27-7-9-29-63(61)57-69(65)59-67)96-87-49-25-21-45-83(87)94(84-46-22-26-50-88(84)96)92-79-41-17-13-37-75(79)90(76-38-14-18-42-80(76)92)68-54-52-66-56-62-28-8-10-30-64(62)58-70(66)60-68/h1-60H. The van der Waals surface area contributed by atoms with Crippen LogP contribution in [-0.4, -0.2) is 8.07 Å². The highest BCUT2D eigenvalue weighted by molar-refractivity contribution is 7.23. The molecule has 0 bridgehead atoms. The van der Waals surface area contributed by atoms with Crippen LogP contribution in [0.25, 0.3) is 174 Å². The molecule has 0 N–H and O–H groups in total. The lowest BCUT2D eigenvalue weighted by molar-refractivity contribution is 1.69. The van der Waals surface area contributed by atoms with Crippen molar-refractivity contribution in [2.75, 3.05) is 0 Å². The van der Waals surface area contributed by atoms with E-state index in [4.69, 9.17) is 0 Å². The molecule has 0 radical (unpaired) electrons. The van der Waals surface area contributed by atoms with Gasteiger partial charge in [-0.1, -0.05) is 328 Å². The van der Waals surface area contributed by atoms with Gasteiger partial charge >= 0.3 is 0 Å². The first-order chi connectivity index (χ1) is 48.2. The molecule has 97 heavy (non-hydrogen) atoms. The minimum absolute atomic E-state index is 1.21. The maximum atomic E-state index is 2.46. The van der Waals surface area contributed by atoms with Crippen molar-refractivity contribution in [1.82, 2.24) is 0 Å². The number of hydrogen-bond acceptors (Lipinski definition) is 0. The van der Waals surface area contributed by atoms with Gasteiger partial charge in [-0.15, -0.1) is 0 Å². The summed E-state index contributed by atoms with van der Waals surface area (Å²) < 4.78 is 0. The Hall–Kier alpha value is -12.3. The van der Waals surface area contributed by atoms with Crippen LogP contribution in [0.3, 0.4) is 0 Å². The molecule has 0 amide bonds. The Kier molecular flexibility index (Phi) is 12.5. The lowest BCUT2D eigenvalue weighted by Gasteiger charge is -2.39. The Bertz CT molecular complexity index is 6050. The predicted octanol–water partition coefficient (Wildman–Crippen LogP) is 23.6. The maximum Gasteiger partial charge on any atom is 0.182 e. The quantitative estimate of drug-likeness (QED) is 0.0808. The van der Waals surface area contributed by atoms with Crippen LogP contribution < -0.4 is 20.7 Å². The Morgan fingerprint density at radius 3 is 0.598 bits per heavy atom. The van der Waals surface area contributed by atoms with Crippen LogP contribution in [0.15, 0.2) is 364 Å². The van der Waals surface area contributed by atoms with E-state index >= 15 is 0 Å². The molecule has 0 saturated carbocycles. The molecule has 0 atom stereocenters. The zero-order chi connectivity index (χ0) is 63.7. The van der Waals surface area contributed by atoms with E-state index in [1.54, 1.807) is 0 Å². The summed E-state index contributed by atoms with van der Waals surface area (Å²) in [7, 11) is -3.61. The summed E-state index contributed by atoms with van der Waals surface area (Å²) in [6.45, 7) is 0. The van der Waals surface area contributed by atoms with Crippen molar-refractivity contribution in [3.63, 3.8) is 0 Å². The Labute approximate surface area is 562 Å². The van der Waals surface area contributed by atoms with Gasteiger partial charge in [0.05, 0.1) is 0 Å². The summed E-state index contributed by atoms with van der Waals surface area (Å²) in [6, 6.07) is 139. The molecule has 0 fully saturated rings. The van der Waals surface area contributed by atoms with Gasteiger partial charge in [-0.2, -0.15) is 0 Å². The molecule has 0 aromatic heterocycles. The zero-order valence-electron chi connectivity index (χ0n) is 53.1. The first kappa shape index (κ1) is 55.2. The second kappa shape index (κ2) is 21.9. The second-order valence-corrected chi connectivity index (χ2v) is 30.0. The number of benzene rings is 20. The van der Waals surface area contributed by atoms with E-state index < -0.39 is 8.07 Å². The third-order valence-electron chi connectivity index (χ3n) is 21.4. The number of fused-ring (bicyclic) bond motifs is 12. The van der Waals surface area contributed by atoms with Crippen molar-refractivity contribution in [1.29, 1.82) is 0 Å². The highest BCUT2D eigenvalue weighted by Gasteiger charge is 2.47. The van der Waals surface area contributed by atoms with Gasteiger partial charge in [0, 0.05) is 0 Å². The SMILES string of the molecule is c1ccc([Si](c2ccccc2)(c2c3ccccc3c(-c3c4ccccc4c(-c4ccc5cc6ccccc6cc5c4)c4ccccc34)c3ccccc23)c2c3ccccc3c(-c3c4ccccc4c(-c4ccc5cc6ccccc6cc5c4)c4ccccc34)c3ccccc23)cc1. The number of hydrogen-bond donors (Lipinski definition) is 0. The maximum absolute atomic E-state index is 3.61. The van der Waals surface area contributed by atoms with Crippen molar-refractivity contribution in [3.8, 4) is 44.5 Å². The van der Waals surface area contributed by atoms with Crippen LogP contribution in [0.4, 0.5) is 0 Å². The monoisotopic (exact) mass is 1240 g/mol. The molecular weight excluding hydrogens is 1180 g/mol. The molecular formula is C96H60Si. The minimum atomic E-state index is -3.61. The molecule has 0 spiro atoms. The van der Waals surface area contributed by atoms with Crippen molar-refractivity contribution in [2.45, 2.75) is 0 Å². The van der Waals surface area contributed by atoms with E-state index in [9.17, 15) is 0 Å². The van der Waals surface area contributed by atoms with Crippen molar-refractivity contribution >= 4 is 158 Å². The molecule has 448 valence electrons. The smallest absolute Gasteiger partial charge is 0.0623 e. The van der Waals surface area contributed by atoms with Crippen LogP contribution in [0.5, 0.6) is 0 Å². The van der Waals surface area contributed by atoms with Gasteiger partial charge in [-0.05, 0) is 231 Å². The van der Waals surface area contributed by atoms with Crippen LogP contribution in [0.2, 0.25) is 0 Å². The minimum Gasteiger partial charge on any atom is -0.0623 e. The summed E-state index contributed by atoms with van der Waals surface area (Å²) in [5.74, 6) is 0. The summed E-state index contributed by atoms with van der Waals surface area (Å²) in [5.41, 5.74) is 9.97. The average molecular weight is 1240 g/mol. The molecule has 20 aromatic rings. The molecule has 0 aliphatic rings. The van der Waals surface area contributed by atoms with Gasteiger partial charge in [0.25, 0.3) is 0 Å². The fraction of sp³-hybridized carbons (Fsp3) is 0. The van der Waals surface area contributed by atoms with E-state index in [1.165, 1.54) is 195 Å². The third-order valence-corrected chi connectivity index (χ3v) is 26.4. The van der Waals surface area contributed by atoms with E-state index in [-0.39, 0.29) is 0 Å². The van der Waals surface area contributed by atoms with Crippen LogP contribution >= 0.6 is 0 Å².